The zero-order valence-electron chi connectivity index (χ0n) is 17.2. The van der Waals surface area contributed by atoms with E-state index in [1.165, 1.54) is 16.9 Å². The number of nitrogens with zero attached hydrogens (tertiary/aromatic N) is 2. The normalized spacial score (nSPS) is 10.9. The number of benzene rings is 1. The lowest BCUT2D eigenvalue weighted by molar-refractivity contribution is -0.116. The minimum atomic E-state index is -0.116. The van der Waals surface area contributed by atoms with Crippen molar-refractivity contribution in [3.8, 4) is 0 Å². The third kappa shape index (κ3) is 6.61. The highest BCUT2D eigenvalue weighted by Gasteiger charge is 2.16. The van der Waals surface area contributed by atoms with Crippen molar-refractivity contribution >= 4 is 28.8 Å². The lowest BCUT2D eigenvalue weighted by Crippen LogP contribution is -2.19. The van der Waals surface area contributed by atoms with Crippen LogP contribution >= 0.6 is 11.3 Å². The van der Waals surface area contributed by atoms with Gasteiger partial charge in [0.05, 0.1) is 10.4 Å². The van der Waals surface area contributed by atoms with Crippen molar-refractivity contribution < 1.29 is 9.59 Å². The van der Waals surface area contributed by atoms with E-state index in [0.717, 1.165) is 32.4 Å². The number of carbonyl (C=O) groups is 2. The van der Waals surface area contributed by atoms with Crippen molar-refractivity contribution in [1.82, 2.24) is 9.88 Å². The number of hydrogen-bond donors (Lipinski definition) is 1. The molecule has 0 aliphatic rings. The summed E-state index contributed by atoms with van der Waals surface area (Å²) in [6, 6.07) is 17.4. The van der Waals surface area contributed by atoms with Gasteiger partial charge in [-0.2, -0.15) is 0 Å². The molecule has 0 saturated heterocycles. The van der Waals surface area contributed by atoms with Crippen LogP contribution in [-0.4, -0.2) is 35.2 Å². The maximum atomic E-state index is 12.6. The Labute approximate surface area is 181 Å². The Morgan fingerprint density at radius 3 is 2.60 bits per heavy atom. The average molecular weight is 422 g/mol. The number of hydrogen-bond acceptors (Lipinski definition) is 5. The number of ketones is 1. The smallest absolute Gasteiger partial charge is 0.225 e. The Morgan fingerprint density at radius 1 is 1.00 bits per heavy atom. The van der Waals surface area contributed by atoms with Crippen LogP contribution in [0.4, 0.5) is 5.82 Å². The summed E-state index contributed by atoms with van der Waals surface area (Å²) in [4.78, 5) is 32.1. The van der Waals surface area contributed by atoms with Crippen LogP contribution in [0.15, 0.2) is 66.2 Å². The number of thiophene rings is 1. The number of pyridine rings is 1. The van der Waals surface area contributed by atoms with Gasteiger partial charge in [0.15, 0.2) is 0 Å². The minimum Gasteiger partial charge on any atom is -0.310 e. The first-order valence-electron chi connectivity index (χ1n) is 10.2. The molecule has 6 heteroatoms. The third-order valence-electron chi connectivity index (χ3n) is 4.79. The first kappa shape index (κ1) is 21.9. The van der Waals surface area contributed by atoms with Crippen LogP contribution in [0.25, 0.3) is 0 Å². The highest BCUT2D eigenvalue weighted by Crippen LogP contribution is 2.20. The molecular formula is C24H27N3O2S. The molecule has 1 N–H and O–H groups in total. The second-order valence-electron chi connectivity index (χ2n) is 7.29. The van der Waals surface area contributed by atoms with Gasteiger partial charge < -0.3 is 10.2 Å². The Kier molecular flexibility index (Phi) is 8.30. The predicted molar refractivity (Wildman–Crippen MR) is 122 cm³/mol. The summed E-state index contributed by atoms with van der Waals surface area (Å²) in [5.41, 5.74) is 1.73. The molecule has 0 bridgehead atoms. The summed E-state index contributed by atoms with van der Waals surface area (Å²) in [5.74, 6) is 0.116. The number of aromatic nitrogens is 1. The van der Waals surface area contributed by atoms with Crippen molar-refractivity contribution in [2.45, 2.75) is 32.2 Å². The number of nitrogens with one attached hydrogen (secondary N) is 1. The first-order chi connectivity index (χ1) is 14.6. The molecule has 0 radical (unpaired) electrons. The fraction of sp³-hybridized carbons (Fsp3) is 0.292. The van der Waals surface area contributed by atoms with Crippen LogP contribution in [0, 0.1) is 0 Å². The Bertz CT molecular complexity index is 942. The molecular weight excluding hydrogens is 394 g/mol. The predicted octanol–water partition coefficient (Wildman–Crippen LogP) is 5.01. The zero-order valence-corrected chi connectivity index (χ0v) is 18.0. The molecule has 1 amide bonds. The number of carbonyl (C=O) groups excluding carboxylic acids is 2. The molecule has 1 aromatic carbocycles. The van der Waals surface area contributed by atoms with Crippen LogP contribution < -0.4 is 5.32 Å². The molecule has 0 spiro atoms. The van der Waals surface area contributed by atoms with E-state index in [9.17, 15) is 9.59 Å². The van der Waals surface area contributed by atoms with Gasteiger partial charge in [-0.05, 0) is 55.6 Å². The van der Waals surface area contributed by atoms with Crippen LogP contribution in [0.2, 0.25) is 0 Å². The van der Waals surface area contributed by atoms with Gasteiger partial charge in [-0.1, -0.05) is 42.8 Å². The van der Waals surface area contributed by atoms with Gasteiger partial charge in [-0.15, -0.1) is 11.3 Å². The molecule has 5 nitrogen and oxygen atoms in total. The number of anilines is 1. The lowest BCUT2D eigenvalue weighted by atomic mass is 10.1. The first-order valence-corrected chi connectivity index (χ1v) is 11.1. The van der Waals surface area contributed by atoms with Crippen molar-refractivity contribution in [1.29, 1.82) is 0 Å². The van der Waals surface area contributed by atoms with Crippen molar-refractivity contribution in [2.75, 3.05) is 18.9 Å². The third-order valence-corrected chi connectivity index (χ3v) is 5.66. The van der Waals surface area contributed by atoms with Gasteiger partial charge in [0.1, 0.15) is 5.82 Å². The fourth-order valence-corrected chi connectivity index (χ4v) is 3.92. The fourth-order valence-electron chi connectivity index (χ4n) is 3.24. The molecule has 0 aliphatic carbocycles. The van der Waals surface area contributed by atoms with Crippen molar-refractivity contribution in [2.24, 2.45) is 0 Å². The zero-order chi connectivity index (χ0) is 21.2. The molecule has 3 rings (SSSR count). The maximum Gasteiger partial charge on any atom is 0.225 e. The van der Waals surface area contributed by atoms with Crippen molar-refractivity contribution in [3.05, 3.63) is 82.2 Å². The average Bonchev–Trinajstić information content (AvgIpc) is 3.29. The highest BCUT2D eigenvalue weighted by molar-refractivity contribution is 7.12. The summed E-state index contributed by atoms with van der Waals surface area (Å²) in [7, 11) is 2.12. The molecule has 0 fully saturated rings. The number of amides is 1. The molecule has 2 aromatic heterocycles. The van der Waals surface area contributed by atoms with Gasteiger partial charge in [-0.25, -0.2) is 4.98 Å². The summed E-state index contributed by atoms with van der Waals surface area (Å²) in [6.07, 6.45) is 4.85. The topological polar surface area (TPSA) is 62.3 Å². The highest BCUT2D eigenvalue weighted by atomic mass is 32.1. The standard InChI is InChI=1S/C24H27N3O2S/c1-27(18-19-10-4-2-5-11-19)16-7-3-6-14-22(28)26-24-20(12-8-15-25-24)23(29)21-13-9-17-30-21/h2,4-5,8-13,15,17H,3,6-7,14,16,18H2,1H3,(H,25,26,28). The van der Waals surface area contributed by atoms with Crippen LogP contribution in [-0.2, 0) is 11.3 Å². The van der Waals surface area contributed by atoms with E-state index in [-0.39, 0.29) is 11.7 Å². The van der Waals surface area contributed by atoms with Crippen LogP contribution in [0.1, 0.15) is 46.5 Å². The van der Waals surface area contributed by atoms with Gasteiger partial charge >= 0.3 is 0 Å². The number of unbranched alkanes of at least 4 members (excludes halogenated alkanes) is 2. The second-order valence-corrected chi connectivity index (χ2v) is 8.24. The molecule has 30 heavy (non-hydrogen) atoms. The Balaban J connectivity index is 1.40. The summed E-state index contributed by atoms with van der Waals surface area (Å²) < 4.78 is 0. The van der Waals surface area contributed by atoms with E-state index in [1.54, 1.807) is 24.4 Å². The number of rotatable bonds is 11. The Morgan fingerprint density at radius 2 is 1.83 bits per heavy atom. The van der Waals surface area contributed by atoms with Crippen molar-refractivity contribution in [3.63, 3.8) is 0 Å². The molecule has 0 atom stereocenters. The Hall–Kier alpha value is -2.83. The monoisotopic (exact) mass is 421 g/mol. The molecule has 2 heterocycles. The van der Waals surface area contributed by atoms with E-state index in [4.69, 9.17) is 0 Å². The summed E-state index contributed by atoms with van der Waals surface area (Å²) in [5, 5.41) is 4.67. The van der Waals surface area contributed by atoms with Crippen LogP contribution in [0.5, 0.6) is 0 Å². The SMILES string of the molecule is CN(CCCCCC(=O)Nc1ncccc1C(=O)c1cccs1)Cc1ccccc1. The van der Waals surface area contributed by atoms with Gasteiger partial charge in [0.2, 0.25) is 11.7 Å². The molecule has 156 valence electrons. The molecule has 3 aromatic rings. The van der Waals surface area contributed by atoms with Gasteiger partial charge in [0, 0.05) is 19.2 Å². The van der Waals surface area contributed by atoms with E-state index in [1.807, 2.05) is 17.5 Å². The van der Waals surface area contributed by atoms with Gasteiger partial charge in [-0.3, -0.25) is 9.59 Å². The maximum absolute atomic E-state index is 12.6. The molecule has 0 aliphatic heterocycles. The van der Waals surface area contributed by atoms with Gasteiger partial charge in [0.25, 0.3) is 0 Å². The summed E-state index contributed by atoms with van der Waals surface area (Å²) >= 11 is 1.38. The van der Waals surface area contributed by atoms with E-state index in [2.05, 4.69) is 46.5 Å². The van der Waals surface area contributed by atoms with E-state index < -0.39 is 0 Å². The lowest BCUT2D eigenvalue weighted by Gasteiger charge is -2.16. The largest absolute Gasteiger partial charge is 0.310 e. The molecule has 0 saturated carbocycles. The summed E-state index contributed by atoms with van der Waals surface area (Å²) in [6.45, 7) is 1.93. The van der Waals surface area contributed by atoms with Crippen LogP contribution in [0.3, 0.4) is 0 Å². The quantitative estimate of drug-likeness (QED) is 0.349. The molecule has 0 unspecified atom stereocenters. The second kappa shape index (κ2) is 11.4. The van der Waals surface area contributed by atoms with E-state index >= 15 is 0 Å². The minimum absolute atomic E-state index is 0.105. The van der Waals surface area contributed by atoms with E-state index in [0.29, 0.717) is 22.7 Å².